The Kier molecular flexibility index (Phi) is 5.70. The molecule has 1 aliphatic heterocycles. The van der Waals surface area contributed by atoms with Crippen LogP contribution in [-0.2, 0) is 6.42 Å². The van der Waals surface area contributed by atoms with Crippen LogP contribution in [0, 0.1) is 5.41 Å². The van der Waals surface area contributed by atoms with E-state index in [1.807, 2.05) is 64.3 Å². The SMILES string of the molecule is CC(C)n1ncc2c1C(=O)CC1(CCN(C(=O)c3ccc(-c4cccc(-c5nnn[nH]5)c4)cc3)CC1)C2. The predicted molar refractivity (Wildman–Crippen MR) is 138 cm³/mol. The molecule has 2 aliphatic rings. The van der Waals surface area contributed by atoms with Gasteiger partial charge in [0.25, 0.3) is 5.91 Å². The Labute approximate surface area is 214 Å². The number of fused-ring (bicyclic) bond motifs is 1. The molecule has 0 unspecified atom stereocenters. The number of aromatic nitrogens is 6. The van der Waals surface area contributed by atoms with E-state index in [9.17, 15) is 9.59 Å². The van der Waals surface area contributed by atoms with Gasteiger partial charge in [-0.3, -0.25) is 14.3 Å². The molecule has 2 aromatic carbocycles. The Balaban J connectivity index is 1.13. The van der Waals surface area contributed by atoms with Crippen LogP contribution in [0.2, 0.25) is 0 Å². The highest BCUT2D eigenvalue weighted by Crippen LogP contribution is 2.44. The van der Waals surface area contributed by atoms with E-state index in [0.717, 1.165) is 47.2 Å². The summed E-state index contributed by atoms with van der Waals surface area (Å²) in [4.78, 5) is 28.3. The van der Waals surface area contributed by atoms with Crippen molar-refractivity contribution in [2.45, 2.75) is 45.6 Å². The number of carbonyl (C=O) groups excluding carboxylic acids is 2. The van der Waals surface area contributed by atoms with Crippen molar-refractivity contribution in [3.63, 3.8) is 0 Å². The number of amides is 1. The number of ketones is 1. The zero-order valence-corrected chi connectivity index (χ0v) is 21.0. The van der Waals surface area contributed by atoms with Gasteiger partial charge < -0.3 is 4.90 Å². The van der Waals surface area contributed by atoms with Gasteiger partial charge in [-0.1, -0.05) is 30.3 Å². The summed E-state index contributed by atoms with van der Waals surface area (Å²) < 4.78 is 1.86. The molecule has 9 heteroatoms. The quantitative estimate of drug-likeness (QED) is 0.450. The third-order valence-corrected chi connectivity index (χ3v) is 7.78. The Morgan fingerprint density at radius 2 is 1.76 bits per heavy atom. The van der Waals surface area contributed by atoms with Gasteiger partial charge in [0.2, 0.25) is 0 Å². The second-order valence-electron chi connectivity index (χ2n) is 10.5. The maximum absolute atomic E-state index is 13.3. The van der Waals surface area contributed by atoms with Crippen molar-refractivity contribution in [1.29, 1.82) is 0 Å². The topological polar surface area (TPSA) is 110 Å². The Bertz CT molecular complexity index is 1450. The molecule has 188 valence electrons. The molecule has 6 rings (SSSR count). The van der Waals surface area contributed by atoms with E-state index in [1.54, 1.807) is 0 Å². The van der Waals surface area contributed by atoms with Gasteiger partial charge in [0.1, 0.15) is 5.69 Å². The first-order valence-corrected chi connectivity index (χ1v) is 12.8. The normalized spacial score (nSPS) is 16.8. The fourth-order valence-corrected chi connectivity index (χ4v) is 5.77. The van der Waals surface area contributed by atoms with E-state index >= 15 is 0 Å². The molecule has 4 aromatic rings. The fourth-order valence-electron chi connectivity index (χ4n) is 5.77. The molecule has 1 aliphatic carbocycles. The summed E-state index contributed by atoms with van der Waals surface area (Å²) >= 11 is 0. The van der Waals surface area contributed by atoms with Crippen molar-refractivity contribution < 1.29 is 9.59 Å². The van der Waals surface area contributed by atoms with Gasteiger partial charge in [0.05, 0.1) is 6.20 Å². The summed E-state index contributed by atoms with van der Waals surface area (Å²) in [6, 6.07) is 15.9. The number of benzene rings is 2. The van der Waals surface area contributed by atoms with Crippen molar-refractivity contribution in [2.75, 3.05) is 13.1 Å². The first-order valence-electron chi connectivity index (χ1n) is 12.8. The number of H-pyrrole nitrogens is 1. The second kappa shape index (κ2) is 9.06. The number of likely N-dealkylation sites (tertiary alicyclic amines) is 1. The molecule has 1 amide bonds. The molecule has 0 bridgehead atoms. The Morgan fingerprint density at radius 3 is 2.46 bits per heavy atom. The number of rotatable bonds is 4. The largest absolute Gasteiger partial charge is 0.339 e. The molecule has 3 heterocycles. The monoisotopic (exact) mass is 495 g/mol. The molecule has 9 nitrogen and oxygen atoms in total. The number of aromatic amines is 1. The van der Waals surface area contributed by atoms with Crippen LogP contribution in [0.3, 0.4) is 0 Å². The molecule has 2 aromatic heterocycles. The lowest BCUT2D eigenvalue weighted by molar-refractivity contribution is 0.0517. The summed E-state index contributed by atoms with van der Waals surface area (Å²) in [5, 5.41) is 18.5. The standard InChI is InChI=1S/C28H29N7O2/c1-18(2)35-25-23(17-29-35)15-28(16-24(25)36)10-12-34(13-11-28)27(37)20-8-6-19(7-9-20)21-4-3-5-22(14-21)26-30-32-33-31-26/h3-9,14,17-18H,10-13,15-16H2,1-2H3,(H,30,31,32,33). The third-order valence-electron chi connectivity index (χ3n) is 7.78. The van der Waals surface area contributed by atoms with Gasteiger partial charge in [-0.05, 0) is 78.3 Å². The summed E-state index contributed by atoms with van der Waals surface area (Å²) in [5.41, 5.74) is 5.38. The van der Waals surface area contributed by atoms with Crippen molar-refractivity contribution in [2.24, 2.45) is 5.41 Å². The highest BCUT2D eigenvalue weighted by Gasteiger charge is 2.43. The van der Waals surface area contributed by atoms with Gasteiger partial charge in [0, 0.05) is 42.2 Å². The molecule has 37 heavy (non-hydrogen) atoms. The number of piperidine rings is 1. The fraction of sp³-hybridized carbons (Fsp3) is 0.357. The van der Waals surface area contributed by atoms with E-state index in [0.29, 0.717) is 30.9 Å². The van der Waals surface area contributed by atoms with Crippen LogP contribution < -0.4 is 0 Å². The maximum Gasteiger partial charge on any atom is 0.253 e. The number of hydrogen-bond acceptors (Lipinski definition) is 6. The lowest BCUT2D eigenvalue weighted by Crippen LogP contribution is -2.46. The average Bonchev–Trinajstić information content (AvgIpc) is 3.60. The molecule has 1 fully saturated rings. The zero-order chi connectivity index (χ0) is 25.6. The molecule has 0 radical (unpaired) electrons. The molecule has 1 spiro atoms. The Hall–Kier alpha value is -4.14. The van der Waals surface area contributed by atoms with Crippen LogP contribution in [0.1, 0.15) is 65.6 Å². The number of tetrazole rings is 1. The van der Waals surface area contributed by atoms with Crippen molar-refractivity contribution >= 4 is 11.7 Å². The van der Waals surface area contributed by atoms with Crippen molar-refractivity contribution in [1.82, 2.24) is 35.3 Å². The smallest absolute Gasteiger partial charge is 0.253 e. The van der Waals surface area contributed by atoms with E-state index in [1.165, 1.54) is 0 Å². The van der Waals surface area contributed by atoms with E-state index in [2.05, 4.69) is 39.6 Å². The maximum atomic E-state index is 13.3. The average molecular weight is 496 g/mol. The van der Waals surface area contributed by atoms with Crippen LogP contribution >= 0.6 is 0 Å². The van der Waals surface area contributed by atoms with Crippen LogP contribution in [0.25, 0.3) is 22.5 Å². The van der Waals surface area contributed by atoms with Crippen LogP contribution in [0.4, 0.5) is 0 Å². The second-order valence-corrected chi connectivity index (χ2v) is 10.5. The van der Waals surface area contributed by atoms with Gasteiger partial charge in [-0.15, -0.1) is 5.10 Å². The van der Waals surface area contributed by atoms with Crippen molar-refractivity contribution in [3.8, 4) is 22.5 Å². The lowest BCUT2D eigenvalue weighted by atomic mass is 9.67. The highest BCUT2D eigenvalue weighted by atomic mass is 16.2. The summed E-state index contributed by atoms with van der Waals surface area (Å²) in [6.45, 7) is 5.42. The predicted octanol–water partition coefficient (Wildman–Crippen LogP) is 4.36. The number of nitrogens with zero attached hydrogens (tertiary/aromatic N) is 6. The van der Waals surface area contributed by atoms with E-state index < -0.39 is 0 Å². The number of nitrogens with one attached hydrogen (secondary N) is 1. The van der Waals surface area contributed by atoms with Gasteiger partial charge in [0.15, 0.2) is 11.6 Å². The first-order chi connectivity index (χ1) is 17.9. The first kappa shape index (κ1) is 23.3. The highest BCUT2D eigenvalue weighted by molar-refractivity contribution is 5.98. The molecule has 1 saturated heterocycles. The van der Waals surface area contributed by atoms with Crippen LogP contribution in [0.15, 0.2) is 54.7 Å². The molecular weight excluding hydrogens is 466 g/mol. The third kappa shape index (κ3) is 4.24. The number of Topliss-reactive ketones (excluding diaryl/α,β-unsaturated/α-hetero) is 1. The zero-order valence-electron chi connectivity index (χ0n) is 21.0. The molecule has 0 atom stereocenters. The Morgan fingerprint density at radius 1 is 1.00 bits per heavy atom. The molecule has 1 N–H and O–H groups in total. The van der Waals surface area contributed by atoms with E-state index in [-0.39, 0.29) is 23.1 Å². The summed E-state index contributed by atoms with van der Waals surface area (Å²) in [5.74, 6) is 0.839. The minimum atomic E-state index is -0.0698. The number of carbonyl (C=O) groups is 2. The summed E-state index contributed by atoms with van der Waals surface area (Å²) in [7, 11) is 0. The van der Waals surface area contributed by atoms with Crippen LogP contribution in [-0.4, -0.2) is 60.1 Å². The lowest BCUT2D eigenvalue weighted by Gasteiger charge is -2.43. The van der Waals surface area contributed by atoms with Gasteiger partial charge >= 0.3 is 0 Å². The minimum Gasteiger partial charge on any atom is -0.339 e. The minimum absolute atomic E-state index is 0.0401. The molecular formula is C28H29N7O2. The summed E-state index contributed by atoms with van der Waals surface area (Å²) in [6.07, 6.45) is 4.93. The van der Waals surface area contributed by atoms with Crippen LogP contribution in [0.5, 0.6) is 0 Å². The van der Waals surface area contributed by atoms with Gasteiger partial charge in [-0.25, -0.2) is 5.10 Å². The van der Waals surface area contributed by atoms with E-state index in [4.69, 9.17) is 0 Å². The number of hydrogen-bond donors (Lipinski definition) is 1. The van der Waals surface area contributed by atoms with Crippen molar-refractivity contribution in [3.05, 3.63) is 71.5 Å². The van der Waals surface area contributed by atoms with Gasteiger partial charge in [-0.2, -0.15) is 5.10 Å². The molecule has 0 saturated carbocycles.